The fourth-order valence-electron chi connectivity index (χ4n) is 3.95. The van der Waals surface area contributed by atoms with Crippen LogP contribution in [0.5, 0.6) is 0 Å². The molecule has 12 heteroatoms. The van der Waals surface area contributed by atoms with Gasteiger partial charge < -0.3 is 15.5 Å². The predicted octanol–water partition coefficient (Wildman–Crippen LogP) is 5.85. The zero-order valence-electron chi connectivity index (χ0n) is 20.6. The Morgan fingerprint density at radius 1 is 0.900 bits per heavy atom. The van der Waals surface area contributed by atoms with Crippen LogP contribution < -0.4 is 5.32 Å². The topological polar surface area (TPSA) is 104 Å². The van der Waals surface area contributed by atoms with Crippen molar-refractivity contribution in [1.29, 1.82) is 0 Å². The Labute approximate surface area is 236 Å². The van der Waals surface area contributed by atoms with E-state index in [2.05, 4.69) is 5.32 Å². The fourth-order valence-corrected chi connectivity index (χ4v) is 4.48. The summed E-state index contributed by atoms with van der Waals surface area (Å²) >= 11 is 12.3. The van der Waals surface area contributed by atoms with Crippen molar-refractivity contribution in [3.05, 3.63) is 99.5 Å². The number of aliphatic carboxylic acids is 1. The molecule has 1 aromatic heterocycles. The number of carboxylic acid groups (broad SMARTS) is 1. The number of carboxylic acids is 1. The molecule has 40 heavy (non-hydrogen) atoms. The molecule has 0 saturated heterocycles. The highest BCUT2D eigenvalue weighted by molar-refractivity contribution is 6.35. The zero-order valence-corrected chi connectivity index (χ0v) is 22.1. The molecule has 1 unspecified atom stereocenters. The monoisotopic (exact) mass is 591 g/mol. The standard InChI is InChI=1S/C28H22Cl2F3N3O4/c29-21-9-20(10-22(30)11-21)23-12-24(18-5-1-16(2-6-18)13-28(31,32)33)36(35-23)15-17-3-7-19(8-4-17)26(38)34-14-25(37)27(39)40/h1-12,25,37H,13-15H2,(H,34,38)(H,39,40). The highest BCUT2D eigenvalue weighted by Gasteiger charge is 2.27. The van der Waals surface area contributed by atoms with Gasteiger partial charge in [-0.15, -0.1) is 0 Å². The minimum absolute atomic E-state index is 0.133. The van der Waals surface area contributed by atoms with Crippen LogP contribution in [0.15, 0.2) is 72.8 Å². The molecule has 3 aromatic carbocycles. The maximum Gasteiger partial charge on any atom is 0.393 e. The summed E-state index contributed by atoms with van der Waals surface area (Å²) in [5.74, 6) is -1.99. The number of aromatic nitrogens is 2. The van der Waals surface area contributed by atoms with Crippen LogP contribution in [0.2, 0.25) is 10.0 Å². The second kappa shape index (κ2) is 12.1. The molecule has 0 aliphatic carbocycles. The van der Waals surface area contributed by atoms with Crippen LogP contribution in [0.25, 0.3) is 22.5 Å². The molecular formula is C28H22Cl2F3N3O4. The van der Waals surface area contributed by atoms with Gasteiger partial charge >= 0.3 is 12.1 Å². The molecule has 0 spiro atoms. The van der Waals surface area contributed by atoms with E-state index in [9.17, 15) is 27.9 Å². The molecule has 1 atom stereocenters. The molecule has 0 saturated carbocycles. The number of rotatable bonds is 9. The minimum atomic E-state index is -4.32. The first-order valence-electron chi connectivity index (χ1n) is 11.9. The molecule has 1 heterocycles. The number of benzene rings is 3. The van der Waals surface area contributed by atoms with Crippen molar-refractivity contribution in [2.24, 2.45) is 0 Å². The van der Waals surface area contributed by atoms with Crippen molar-refractivity contribution in [1.82, 2.24) is 15.1 Å². The molecule has 3 N–H and O–H groups in total. The van der Waals surface area contributed by atoms with Gasteiger partial charge in [-0.25, -0.2) is 4.79 Å². The first-order chi connectivity index (χ1) is 18.9. The van der Waals surface area contributed by atoms with E-state index in [1.54, 1.807) is 65.3 Å². The lowest BCUT2D eigenvalue weighted by atomic mass is 10.1. The maximum atomic E-state index is 12.8. The Hall–Kier alpha value is -3.86. The lowest BCUT2D eigenvalue weighted by Crippen LogP contribution is -2.36. The number of hydrogen-bond donors (Lipinski definition) is 3. The summed E-state index contributed by atoms with van der Waals surface area (Å²) in [7, 11) is 0. The second-order valence-electron chi connectivity index (χ2n) is 8.98. The number of nitrogens with one attached hydrogen (secondary N) is 1. The number of aliphatic hydroxyl groups excluding tert-OH is 1. The van der Waals surface area contributed by atoms with Gasteiger partial charge in [0.1, 0.15) is 0 Å². The summed E-state index contributed by atoms with van der Waals surface area (Å²) in [6.45, 7) is -0.182. The van der Waals surface area contributed by atoms with E-state index in [0.29, 0.717) is 32.6 Å². The third-order valence-corrected chi connectivity index (χ3v) is 6.32. The summed E-state index contributed by atoms with van der Waals surface area (Å²) in [4.78, 5) is 23.0. The quantitative estimate of drug-likeness (QED) is 0.226. The molecule has 0 fully saturated rings. The Morgan fingerprint density at radius 2 is 1.50 bits per heavy atom. The molecule has 0 aliphatic heterocycles. The predicted molar refractivity (Wildman–Crippen MR) is 144 cm³/mol. The van der Waals surface area contributed by atoms with Crippen molar-refractivity contribution in [2.75, 3.05) is 6.54 Å². The van der Waals surface area contributed by atoms with E-state index in [0.717, 1.165) is 5.56 Å². The van der Waals surface area contributed by atoms with Gasteiger partial charge in [0.25, 0.3) is 5.91 Å². The van der Waals surface area contributed by atoms with Crippen molar-refractivity contribution < 1.29 is 33.0 Å². The highest BCUT2D eigenvalue weighted by Crippen LogP contribution is 2.31. The normalized spacial score (nSPS) is 12.2. The van der Waals surface area contributed by atoms with E-state index in [1.165, 1.54) is 12.1 Å². The van der Waals surface area contributed by atoms with Gasteiger partial charge in [0.15, 0.2) is 6.10 Å². The van der Waals surface area contributed by atoms with Crippen LogP contribution in [0.1, 0.15) is 21.5 Å². The lowest BCUT2D eigenvalue weighted by Gasteiger charge is -2.11. The van der Waals surface area contributed by atoms with Crippen LogP contribution in [-0.4, -0.2) is 50.7 Å². The first kappa shape index (κ1) is 29.1. The van der Waals surface area contributed by atoms with Gasteiger partial charge in [0.2, 0.25) is 0 Å². The molecule has 0 aliphatic rings. The Kier molecular flexibility index (Phi) is 8.82. The van der Waals surface area contributed by atoms with E-state index < -0.39 is 37.1 Å². The Bertz CT molecular complexity index is 1500. The molecule has 4 aromatic rings. The van der Waals surface area contributed by atoms with Gasteiger partial charge in [-0.1, -0.05) is 59.6 Å². The van der Waals surface area contributed by atoms with Crippen LogP contribution >= 0.6 is 23.2 Å². The van der Waals surface area contributed by atoms with Crippen molar-refractivity contribution in [2.45, 2.75) is 25.2 Å². The van der Waals surface area contributed by atoms with Crippen LogP contribution in [0, 0.1) is 0 Å². The van der Waals surface area contributed by atoms with Crippen molar-refractivity contribution in [3.63, 3.8) is 0 Å². The molecule has 0 radical (unpaired) electrons. The zero-order chi connectivity index (χ0) is 29.0. The average Bonchev–Trinajstić information content (AvgIpc) is 3.30. The molecule has 208 valence electrons. The SMILES string of the molecule is O=C(NCC(O)C(=O)O)c1ccc(Cn2nc(-c3cc(Cl)cc(Cl)c3)cc2-c2ccc(CC(F)(F)F)cc2)cc1. The van der Waals surface area contributed by atoms with Gasteiger partial charge in [-0.2, -0.15) is 18.3 Å². The van der Waals surface area contributed by atoms with Crippen molar-refractivity contribution >= 4 is 35.1 Å². The first-order valence-corrected chi connectivity index (χ1v) is 12.6. The molecule has 7 nitrogen and oxygen atoms in total. The third-order valence-electron chi connectivity index (χ3n) is 5.88. The smallest absolute Gasteiger partial charge is 0.393 e. The number of aliphatic hydroxyl groups is 1. The fraction of sp³-hybridized carbons (Fsp3) is 0.179. The Morgan fingerprint density at radius 3 is 2.08 bits per heavy atom. The molecular weight excluding hydrogens is 570 g/mol. The average molecular weight is 592 g/mol. The lowest BCUT2D eigenvalue weighted by molar-refractivity contribution is -0.146. The summed E-state index contributed by atoms with van der Waals surface area (Å²) < 4.78 is 40.1. The van der Waals surface area contributed by atoms with E-state index in [-0.39, 0.29) is 17.7 Å². The van der Waals surface area contributed by atoms with Crippen molar-refractivity contribution in [3.8, 4) is 22.5 Å². The number of alkyl halides is 3. The third kappa shape index (κ3) is 7.62. The number of amides is 1. The number of carbonyl (C=O) groups excluding carboxylic acids is 1. The number of nitrogens with zero attached hydrogens (tertiary/aromatic N) is 2. The van der Waals surface area contributed by atoms with Gasteiger partial charge in [-0.3, -0.25) is 9.48 Å². The van der Waals surface area contributed by atoms with Gasteiger partial charge in [0.05, 0.1) is 30.9 Å². The number of carbonyl (C=O) groups is 2. The van der Waals surface area contributed by atoms with E-state index in [1.807, 2.05) is 0 Å². The molecule has 0 bridgehead atoms. The Balaban J connectivity index is 1.62. The number of hydrogen-bond acceptors (Lipinski definition) is 4. The van der Waals surface area contributed by atoms with Crippen LogP contribution in [0.4, 0.5) is 13.2 Å². The van der Waals surface area contributed by atoms with Crippen LogP contribution in [-0.2, 0) is 17.8 Å². The van der Waals surface area contributed by atoms with Crippen LogP contribution in [0.3, 0.4) is 0 Å². The van der Waals surface area contributed by atoms with Gasteiger partial charge in [-0.05, 0) is 53.1 Å². The van der Waals surface area contributed by atoms with E-state index >= 15 is 0 Å². The summed E-state index contributed by atoms with van der Waals surface area (Å²) in [5.41, 5.74) is 3.63. The largest absolute Gasteiger partial charge is 0.479 e. The summed E-state index contributed by atoms with van der Waals surface area (Å²) in [5, 5.41) is 26.0. The molecule has 1 amide bonds. The summed E-state index contributed by atoms with van der Waals surface area (Å²) in [6, 6.07) is 19.3. The summed E-state index contributed by atoms with van der Waals surface area (Å²) in [6.07, 6.45) is -7.07. The minimum Gasteiger partial charge on any atom is -0.479 e. The van der Waals surface area contributed by atoms with E-state index in [4.69, 9.17) is 33.4 Å². The number of halogens is 5. The molecule has 4 rings (SSSR count). The maximum absolute atomic E-state index is 12.8. The second-order valence-corrected chi connectivity index (χ2v) is 9.85. The highest BCUT2D eigenvalue weighted by atomic mass is 35.5. The van der Waals surface area contributed by atoms with Gasteiger partial charge in [0, 0.05) is 21.2 Å².